The smallest absolute Gasteiger partial charge is 0.125 e. The van der Waals surface area contributed by atoms with Gasteiger partial charge in [0, 0.05) is 30.9 Å². The molecule has 0 spiro atoms. The van der Waals surface area contributed by atoms with Gasteiger partial charge in [-0.15, -0.1) is 0 Å². The van der Waals surface area contributed by atoms with Gasteiger partial charge in [-0.1, -0.05) is 19.9 Å². The molecule has 0 aliphatic heterocycles. The topological polar surface area (TPSA) is 15.3 Å². The third kappa shape index (κ3) is 6.04. The Morgan fingerprint density at radius 3 is 2.29 bits per heavy atom. The van der Waals surface area contributed by atoms with E-state index in [1.807, 2.05) is 6.07 Å². The summed E-state index contributed by atoms with van der Waals surface area (Å²) in [5.74, 6) is -0.169. The van der Waals surface area contributed by atoms with E-state index in [0.29, 0.717) is 0 Å². The second-order valence-electron chi connectivity index (χ2n) is 7.26. The zero-order chi connectivity index (χ0) is 16.1. The summed E-state index contributed by atoms with van der Waals surface area (Å²) in [4.78, 5) is 2.26. The summed E-state index contributed by atoms with van der Waals surface area (Å²) in [5.41, 5.74) is 1.25. The van der Waals surface area contributed by atoms with E-state index in [2.05, 4.69) is 51.8 Å². The van der Waals surface area contributed by atoms with Crippen LogP contribution in [0.25, 0.3) is 0 Å². The predicted molar refractivity (Wildman–Crippen MR) is 90.4 cm³/mol. The highest BCUT2D eigenvalue weighted by Crippen LogP contribution is 2.26. The normalized spacial score (nSPS) is 14.8. The molecule has 1 N–H and O–H groups in total. The predicted octanol–water partition coefficient (Wildman–Crippen LogP) is 4.46. The van der Waals surface area contributed by atoms with Gasteiger partial charge in [-0.3, -0.25) is 0 Å². The molecule has 2 nitrogen and oxygen atoms in total. The standard InChI is InChI=1S/C18H31FN2/c1-7-18(6,13-20-17(3,4)5)14-21(8-2)16-11-9-10-15(19)12-16/h9-12,20H,7-8,13-14H2,1-6H3. The highest BCUT2D eigenvalue weighted by atomic mass is 19.1. The van der Waals surface area contributed by atoms with Crippen LogP contribution in [0.1, 0.15) is 48.0 Å². The zero-order valence-electron chi connectivity index (χ0n) is 14.5. The lowest BCUT2D eigenvalue weighted by Gasteiger charge is -2.38. The second-order valence-corrected chi connectivity index (χ2v) is 7.26. The van der Waals surface area contributed by atoms with Crippen molar-refractivity contribution in [2.24, 2.45) is 5.41 Å². The van der Waals surface area contributed by atoms with Crippen LogP contribution >= 0.6 is 0 Å². The number of hydrogen-bond donors (Lipinski definition) is 1. The van der Waals surface area contributed by atoms with Gasteiger partial charge in [0.05, 0.1) is 0 Å². The van der Waals surface area contributed by atoms with Crippen LogP contribution in [0.4, 0.5) is 10.1 Å². The molecule has 0 aliphatic carbocycles. The van der Waals surface area contributed by atoms with Crippen LogP contribution < -0.4 is 10.2 Å². The fourth-order valence-corrected chi connectivity index (χ4v) is 2.29. The maximum Gasteiger partial charge on any atom is 0.125 e. The third-order valence-electron chi connectivity index (χ3n) is 4.03. The van der Waals surface area contributed by atoms with Crippen LogP contribution in [0.2, 0.25) is 0 Å². The molecule has 120 valence electrons. The number of hydrogen-bond acceptors (Lipinski definition) is 2. The largest absolute Gasteiger partial charge is 0.371 e. The Morgan fingerprint density at radius 2 is 1.81 bits per heavy atom. The lowest BCUT2D eigenvalue weighted by Crippen LogP contribution is -2.47. The highest BCUT2D eigenvalue weighted by molar-refractivity contribution is 5.46. The molecule has 1 aromatic carbocycles. The van der Waals surface area contributed by atoms with Crippen LogP contribution in [0.3, 0.4) is 0 Å². The van der Waals surface area contributed by atoms with Crippen LogP contribution in [0, 0.1) is 11.2 Å². The van der Waals surface area contributed by atoms with Crippen molar-refractivity contribution < 1.29 is 4.39 Å². The molecule has 0 heterocycles. The fourth-order valence-electron chi connectivity index (χ4n) is 2.29. The summed E-state index contributed by atoms with van der Waals surface area (Å²) in [5, 5.41) is 3.60. The molecule has 0 saturated heterocycles. The van der Waals surface area contributed by atoms with Gasteiger partial charge in [0.2, 0.25) is 0 Å². The molecule has 0 radical (unpaired) electrons. The van der Waals surface area contributed by atoms with Gasteiger partial charge in [-0.05, 0) is 57.7 Å². The molecule has 0 bridgehead atoms. The van der Waals surface area contributed by atoms with Crippen LogP contribution in [0.5, 0.6) is 0 Å². The summed E-state index contributed by atoms with van der Waals surface area (Å²) in [6.07, 6.45) is 1.09. The molecule has 0 amide bonds. The molecule has 1 rings (SSSR count). The number of nitrogens with zero attached hydrogens (tertiary/aromatic N) is 1. The minimum atomic E-state index is -0.169. The van der Waals surface area contributed by atoms with Crippen molar-refractivity contribution in [3.63, 3.8) is 0 Å². The van der Waals surface area contributed by atoms with Gasteiger partial charge in [0.1, 0.15) is 5.82 Å². The van der Waals surface area contributed by atoms with Crippen molar-refractivity contribution in [2.45, 2.75) is 53.5 Å². The summed E-state index contributed by atoms with van der Waals surface area (Å²) >= 11 is 0. The van der Waals surface area contributed by atoms with Crippen molar-refractivity contribution >= 4 is 5.69 Å². The van der Waals surface area contributed by atoms with Crippen LogP contribution in [-0.2, 0) is 0 Å². The van der Waals surface area contributed by atoms with E-state index < -0.39 is 0 Å². The molecule has 0 aromatic heterocycles. The van der Waals surface area contributed by atoms with E-state index in [1.165, 1.54) is 6.07 Å². The quantitative estimate of drug-likeness (QED) is 0.799. The third-order valence-corrected chi connectivity index (χ3v) is 4.03. The number of rotatable bonds is 7. The van der Waals surface area contributed by atoms with Crippen molar-refractivity contribution in [3.8, 4) is 0 Å². The van der Waals surface area contributed by atoms with Gasteiger partial charge in [0.15, 0.2) is 0 Å². The van der Waals surface area contributed by atoms with Gasteiger partial charge in [-0.25, -0.2) is 4.39 Å². The molecule has 3 heteroatoms. The average Bonchev–Trinajstić information content (AvgIpc) is 2.42. The molecular formula is C18H31FN2. The minimum Gasteiger partial charge on any atom is -0.371 e. The van der Waals surface area contributed by atoms with E-state index in [9.17, 15) is 4.39 Å². The molecular weight excluding hydrogens is 263 g/mol. The molecule has 0 saturated carbocycles. The van der Waals surface area contributed by atoms with E-state index >= 15 is 0 Å². The zero-order valence-corrected chi connectivity index (χ0v) is 14.5. The Bertz CT molecular complexity index is 439. The molecule has 1 unspecified atom stereocenters. The first-order valence-electron chi connectivity index (χ1n) is 7.94. The number of halogens is 1. The summed E-state index contributed by atoms with van der Waals surface area (Å²) in [7, 11) is 0. The SMILES string of the molecule is CCN(CC(C)(CC)CNC(C)(C)C)c1cccc(F)c1. The van der Waals surface area contributed by atoms with E-state index in [0.717, 1.165) is 31.7 Å². The Morgan fingerprint density at radius 1 is 1.14 bits per heavy atom. The Balaban J connectivity index is 2.81. The van der Waals surface area contributed by atoms with Crippen molar-refractivity contribution in [1.29, 1.82) is 0 Å². The first kappa shape index (κ1) is 18.0. The summed E-state index contributed by atoms with van der Waals surface area (Å²) in [6.45, 7) is 16.0. The van der Waals surface area contributed by atoms with Crippen molar-refractivity contribution in [3.05, 3.63) is 30.1 Å². The van der Waals surface area contributed by atoms with E-state index in [-0.39, 0.29) is 16.8 Å². The number of nitrogens with one attached hydrogen (secondary N) is 1. The van der Waals surface area contributed by atoms with Crippen LogP contribution in [-0.4, -0.2) is 25.2 Å². The second kappa shape index (κ2) is 7.26. The Hall–Kier alpha value is -1.09. The van der Waals surface area contributed by atoms with Gasteiger partial charge in [0.25, 0.3) is 0 Å². The summed E-state index contributed by atoms with van der Waals surface area (Å²) in [6, 6.07) is 6.89. The molecule has 0 fully saturated rings. The maximum absolute atomic E-state index is 13.4. The maximum atomic E-state index is 13.4. The van der Waals surface area contributed by atoms with Gasteiger partial charge >= 0.3 is 0 Å². The molecule has 21 heavy (non-hydrogen) atoms. The van der Waals surface area contributed by atoms with Crippen LogP contribution in [0.15, 0.2) is 24.3 Å². The van der Waals surface area contributed by atoms with Crippen molar-refractivity contribution in [1.82, 2.24) is 5.32 Å². The van der Waals surface area contributed by atoms with Crippen molar-refractivity contribution in [2.75, 3.05) is 24.5 Å². The lowest BCUT2D eigenvalue weighted by atomic mass is 9.85. The molecule has 1 aromatic rings. The van der Waals surface area contributed by atoms with E-state index in [1.54, 1.807) is 12.1 Å². The number of benzene rings is 1. The average molecular weight is 294 g/mol. The fraction of sp³-hybridized carbons (Fsp3) is 0.667. The highest BCUT2D eigenvalue weighted by Gasteiger charge is 2.27. The first-order valence-corrected chi connectivity index (χ1v) is 7.94. The first-order chi connectivity index (χ1) is 9.69. The summed E-state index contributed by atoms with van der Waals surface area (Å²) < 4.78 is 13.4. The Kier molecular flexibility index (Phi) is 6.21. The lowest BCUT2D eigenvalue weighted by molar-refractivity contribution is 0.260. The Labute approximate surface area is 129 Å². The van der Waals surface area contributed by atoms with Gasteiger partial charge < -0.3 is 10.2 Å². The molecule has 0 aliphatic rings. The van der Waals surface area contributed by atoms with Gasteiger partial charge in [-0.2, -0.15) is 0 Å². The minimum absolute atomic E-state index is 0.117. The monoisotopic (exact) mass is 294 g/mol. The molecule has 1 atom stereocenters. The van der Waals surface area contributed by atoms with E-state index in [4.69, 9.17) is 0 Å². The number of anilines is 1.